The zero-order valence-corrected chi connectivity index (χ0v) is 11.7. The summed E-state index contributed by atoms with van der Waals surface area (Å²) in [6.45, 7) is 2.77. The summed E-state index contributed by atoms with van der Waals surface area (Å²) in [5.74, 6) is 0.0983. The Morgan fingerprint density at radius 1 is 1.42 bits per heavy atom. The lowest BCUT2D eigenvalue weighted by atomic mass is 10.1. The fourth-order valence-electron chi connectivity index (χ4n) is 2.58. The van der Waals surface area contributed by atoms with Crippen LogP contribution in [-0.4, -0.2) is 22.3 Å². The van der Waals surface area contributed by atoms with Gasteiger partial charge < -0.3 is 4.90 Å². The van der Waals surface area contributed by atoms with E-state index < -0.39 is 0 Å². The van der Waals surface area contributed by atoms with E-state index in [9.17, 15) is 4.79 Å². The molecule has 0 aromatic carbocycles. The van der Waals surface area contributed by atoms with Crippen molar-refractivity contribution in [3.05, 3.63) is 52.0 Å². The van der Waals surface area contributed by atoms with Gasteiger partial charge in [0.15, 0.2) is 0 Å². The van der Waals surface area contributed by atoms with E-state index >= 15 is 0 Å². The van der Waals surface area contributed by atoms with Gasteiger partial charge in [-0.3, -0.25) is 9.78 Å². The molecule has 1 saturated heterocycles. The first kappa shape index (κ1) is 12.4. The van der Waals surface area contributed by atoms with Crippen molar-refractivity contribution in [3.63, 3.8) is 0 Å². The molecule has 3 heterocycles. The summed E-state index contributed by atoms with van der Waals surface area (Å²) in [4.78, 5) is 18.7. The van der Waals surface area contributed by atoms with Crippen LogP contribution in [-0.2, 0) is 0 Å². The lowest BCUT2D eigenvalue weighted by molar-refractivity contribution is 0.0735. The number of aryl methyl sites for hydroxylation is 1. The first-order chi connectivity index (χ1) is 9.25. The van der Waals surface area contributed by atoms with Crippen molar-refractivity contribution in [1.82, 2.24) is 9.88 Å². The predicted octanol–water partition coefficient (Wildman–Crippen LogP) is 3.43. The first-order valence-corrected chi connectivity index (χ1v) is 7.46. The molecule has 3 rings (SSSR count). The van der Waals surface area contributed by atoms with Crippen LogP contribution in [0.3, 0.4) is 0 Å². The maximum absolute atomic E-state index is 12.6. The molecule has 1 aliphatic rings. The van der Waals surface area contributed by atoms with Gasteiger partial charge in [-0.15, -0.1) is 0 Å². The van der Waals surface area contributed by atoms with Crippen molar-refractivity contribution in [2.45, 2.75) is 25.8 Å². The van der Waals surface area contributed by atoms with Gasteiger partial charge in [0.1, 0.15) is 0 Å². The molecule has 0 N–H and O–H groups in total. The number of rotatable bonds is 2. The van der Waals surface area contributed by atoms with E-state index in [1.54, 1.807) is 17.5 Å². The Labute approximate surface area is 116 Å². The highest BCUT2D eigenvalue weighted by molar-refractivity contribution is 7.07. The SMILES string of the molecule is Cc1ccc(C(=O)N2CCC[C@@H]2c2ccsc2)cn1. The number of hydrogen-bond acceptors (Lipinski definition) is 3. The summed E-state index contributed by atoms with van der Waals surface area (Å²) in [6, 6.07) is 6.12. The van der Waals surface area contributed by atoms with Gasteiger partial charge in [0.05, 0.1) is 11.6 Å². The zero-order valence-electron chi connectivity index (χ0n) is 10.9. The Hall–Kier alpha value is -1.68. The lowest BCUT2D eigenvalue weighted by Gasteiger charge is -2.24. The third-order valence-corrected chi connectivity index (χ3v) is 4.30. The second-order valence-corrected chi connectivity index (χ2v) is 5.68. The number of amides is 1. The second kappa shape index (κ2) is 5.13. The van der Waals surface area contributed by atoms with Crippen LogP contribution >= 0.6 is 11.3 Å². The molecule has 1 amide bonds. The third-order valence-electron chi connectivity index (χ3n) is 3.60. The Bertz CT molecular complexity index is 562. The average Bonchev–Trinajstić information content (AvgIpc) is 3.09. The van der Waals surface area contributed by atoms with Crippen molar-refractivity contribution in [2.24, 2.45) is 0 Å². The van der Waals surface area contributed by atoms with Crippen LogP contribution in [0.2, 0.25) is 0 Å². The monoisotopic (exact) mass is 272 g/mol. The lowest BCUT2D eigenvalue weighted by Crippen LogP contribution is -2.30. The van der Waals surface area contributed by atoms with Gasteiger partial charge in [0, 0.05) is 18.4 Å². The molecule has 19 heavy (non-hydrogen) atoms. The second-order valence-electron chi connectivity index (χ2n) is 4.90. The number of carbonyl (C=O) groups is 1. The number of nitrogens with zero attached hydrogens (tertiary/aromatic N) is 2. The van der Waals surface area contributed by atoms with Gasteiger partial charge in [-0.1, -0.05) is 0 Å². The van der Waals surface area contributed by atoms with E-state index in [1.807, 2.05) is 24.0 Å². The Balaban J connectivity index is 1.84. The minimum absolute atomic E-state index is 0.0983. The van der Waals surface area contributed by atoms with E-state index in [2.05, 4.69) is 21.8 Å². The van der Waals surface area contributed by atoms with Crippen LogP contribution in [0.15, 0.2) is 35.2 Å². The van der Waals surface area contributed by atoms with Gasteiger partial charge in [0.25, 0.3) is 5.91 Å². The van der Waals surface area contributed by atoms with Gasteiger partial charge in [-0.05, 0) is 54.3 Å². The number of carbonyl (C=O) groups excluding carboxylic acids is 1. The maximum atomic E-state index is 12.6. The summed E-state index contributed by atoms with van der Waals surface area (Å²) in [6.07, 6.45) is 3.81. The summed E-state index contributed by atoms with van der Waals surface area (Å²) in [5.41, 5.74) is 2.89. The molecule has 0 spiro atoms. The molecule has 0 radical (unpaired) electrons. The summed E-state index contributed by atoms with van der Waals surface area (Å²) in [7, 11) is 0. The van der Waals surface area contributed by atoms with E-state index in [1.165, 1.54) is 5.56 Å². The number of thiophene rings is 1. The van der Waals surface area contributed by atoms with Gasteiger partial charge in [0.2, 0.25) is 0 Å². The topological polar surface area (TPSA) is 33.2 Å². The Kier molecular flexibility index (Phi) is 3.34. The smallest absolute Gasteiger partial charge is 0.255 e. The molecule has 3 nitrogen and oxygen atoms in total. The normalized spacial score (nSPS) is 18.8. The Morgan fingerprint density at radius 2 is 2.32 bits per heavy atom. The molecule has 2 aromatic heterocycles. The van der Waals surface area contributed by atoms with E-state index in [0.717, 1.165) is 25.1 Å². The van der Waals surface area contributed by atoms with Crippen LogP contribution in [0, 0.1) is 6.92 Å². The molecule has 98 valence electrons. The largest absolute Gasteiger partial charge is 0.332 e. The molecule has 0 aliphatic carbocycles. The molecule has 0 bridgehead atoms. The number of pyridine rings is 1. The molecule has 0 saturated carbocycles. The molecule has 0 unspecified atom stereocenters. The van der Waals surface area contributed by atoms with Gasteiger partial charge >= 0.3 is 0 Å². The van der Waals surface area contributed by atoms with E-state index in [-0.39, 0.29) is 11.9 Å². The molecule has 1 fully saturated rings. The third kappa shape index (κ3) is 2.40. The highest BCUT2D eigenvalue weighted by Gasteiger charge is 2.30. The van der Waals surface area contributed by atoms with Crippen LogP contribution in [0.25, 0.3) is 0 Å². The fourth-order valence-corrected chi connectivity index (χ4v) is 3.29. The molecule has 1 aliphatic heterocycles. The predicted molar refractivity (Wildman–Crippen MR) is 76.3 cm³/mol. The maximum Gasteiger partial charge on any atom is 0.255 e. The fraction of sp³-hybridized carbons (Fsp3) is 0.333. The van der Waals surface area contributed by atoms with Crippen LogP contribution in [0.1, 0.15) is 40.5 Å². The van der Waals surface area contributed by atoms with Crippen LogP contribution in [0.4, 0.5) is 0 Å². The zero-order chi connectivity index (χ0) is 13.2. The number of aromatic nitrogens is 1. The molecular formula is C15H16N2OS. The quantitative estimate of drug-likeness (QED) is 0.839. The summed E-state index contributed by atoms with van der Waals surface area (Å²) in [5, 5.41) is 4.22. The van der Waals surface area contributed by atoms with Gasteiger partial charge in [-0.2, -0.15) is 11.3 Å². The van der Waals surface area contributed by atoms with Gasteiger partial charge in [-0.25, -0.2) is 0 Å². The van der Waals surface area contributed by atoms with Crippen LogP contribution < -0.4 is 0 Å². The average molecular weight is 272 g/mol. The molecular weight excluding hydrogens is 256 g/mol. The van der Waals surface area contributed by atoms with E-state index in [0.29, 0.717) is 5.56 Å². The molecule has 2 aromatic rings. The summed E-state index contributed by atoms with van der Waals surface area (Å²) >= 11 is 1.69. The minimum Gasteiger partial charge on any atom is -0.332 e. The highest BCUT2D eigenvalue weighted by Crippen LogP contribution is 2.33. The number of likely N-dealkylation sites (tertiary alicyclic amines) is 1. The van der Waals surface area contributed by atoms with Crippen molar-refractivity contribution in [2.75, 3.05) is 6.54 Å². The van der Waals surface area contributed by atoms with Crippen molar-refractivity contribution >= 4 is 17.2 Å². The molecule has 4 heteroatoms. The highest BCUT2D eigenvalue weighted by atomic mass is 32.1. The summed E-state index contributed by atoms with van der Waals surface area (Å²) < 4.78 is 0. The minimum atomic E-state index is 0.0983. The van der Waals surface area contributed by atoms with E-state index in [4.69, 9.17) is 0 Å². The standard InChI is InChI=1S/C15H16N2OS/c1-11-4-5-12(9-16-11)15(18)17-7-2-3-14(17)13-6-8-19-10-13/h4-6,8-10,14H,2-3,7H2,1H3/t14-/m1/s1. The van der Waals surface area contributed by atoms with Crippen LogP contribution in [0.5, 0.6) is 0 Å². The van der Waals surface area contributed by atoms with Crippen molar-refractivity contribution < 1.29 is 4.79 Å². The van der Waals surface area contributed by atoms with Crippen molar-refractivity contribution in [1.29, 1.82) is 0 Å². The van der Waals surface area contributed by atoms with Crippen molar-refractivity contribution in [3.8, 4) is 0 Å². The first-order valence-electron chi connectivity index (χ1n) is 6.51. The molecule has 1 atom stereocenters. The number of hydrogen-bond donors (Lipinski definition) is 0. The Morgan fingerprint density at radius 3 is 3.00 bits per heavy atom.